The molecule has 2 unspecified atom stereocenters. The second-order valence-corrected chi connectivity index (χ2v) is 6.67. The number of nitrogens with zero attached hydrogens (tertiary/aromatic N) is 1. The lowest BCUT2D eigenvalue weighted by Crippen LogP contribution is -2.57. The Labute approximate surface area is 107 Å². The van der Waals surface area contributed by atoms with Crippen LogP contribution in [0.4, 0.5) is 0 Å². The first-order valence-corrected chi connectivity index (χ1v) is 7.60. The third-order valence-electron chi connectivity index (χ3n) is 4.84. The molecule has 1 saturated carbocycles. The molecule has 0 bridgehead atoms. The van der Waals surface area contributed by atoms with Gasteiger partial charge in [0, 0.05) is 31.7 Å². The van der Waals surface area contributed by atoms with Gasteiger partial charge < -0.3 is 5.32 Å². The zero-order chi connectivity index (χ0) is 12.3. The molecule has 1 N–H and O–H groups in total. The summed E-state index contributed by atoms with van der Waals surface area (Å²) in [6.07, 6.45) is 8.55. The first kappa shape index (κ1) is 13.4. The Hall–Kier alpha value is -0.0800. The monoisotopic (exact) mass is 238 g/mol. The molecular formula is C15H30N2. The number of nitrogens with one attached hydrogen (secondary N) is 1. The molecule has 2 rings (SSSR count). The van der Waals surface area contributed by atoms with Crippen LogP contribution in [0.15, 0.2) is 0 Å². The Kier molecular flexibility index (Phi) is 4.48. The van der Waals surface area contributed by atoms with Gasteiger partial charge in [0.25, 0.3) is 0 Å². The molecule has 0 aromatic carbocycles. The Morgan fingerprint density at radius 1 is 1.24 bits per heavy atom. The maximum atomic E-state index is 3.62. The van der Waals surface area contributed by atoms with E-state index in [0.717, 1.165) is 6.04 Å². The molecule has 0 aromatic rings. The van der Waals surface area contributed by atoms with E-state index in [2.05, 4.69) is 31.0 Å². The minimum atomic E-state index is 0.600. The van der Waals surface area contributed by atoms with Crippen molar-refractivity contribution in [1.29, 1.82) is 0 Å². The van der Waals surface area contributed by atoms with Crippen LogP contribution < -0.4 is 5.32 Å². The summed E-state index contributed by atoms with van der Waals surface area (Å²) < 4.78 is 0. The number of rotatable bonds is 3. The SMILES string of the molecule is CCC1CNC(C)CN1CC1(C)CCCCC1. The van der Waals surface area contributed by atoms with Gasteiger partial charge in [0.05, 0.1) is 0 Å². The Morgan fingerprint density at radius 2 is 1.94 bits per heavy atom. The summed E-state index contributed by atoms with van der Waals surface area (Å²) in [7, 11) is 0. The molecule has 1 heterocycles. The highest BCUT2D eigenvalue weighted by molar-refractivity contribution is 4.89. The van der Waals surface area contributed by atoms with Gasteiger partial charge in [-0.3, -0.25) is 4.90 Å². The molecule has 0 aromatic heterocycles. The average Bonchev–Trinajstić information content (AvgIpc) is 2.29. The lowest BCUT2D eigenvalue weighted by atomic mass is 9.75. The van der Waals surface area contributed by atoms with Crippen molar-refractivity contribution in [2.45, 2.75) is 71.4 Å². The fourth-order valence-corrected chi connectivity index (χ4v) is 3.68. The molecule has 17 heavy (non-hydrogen) atoms. The van der Waals surface area contributed by atoms with E-state index in [9.17, 15) is 0 Å². The lowest BCUT2D eigenvalue weighted by Gasteiger charge is -2.45. The summed E-state index contributed by atoms with van der Waals surface area (Å²) in [6, 6.07) is 1.44. The zero-order valence-electron chi connectivity index (χ0n) is 12.0. The largest absolute Gasteiger partial charge is 0.311 e. The molecule has 0 radical (unpaired) electrons. The van der Waals surface area contributed by atoms with E-state index in [1.54, 1.807) is 0 Å². The third kappa shape index (κ3) is 3.45. The smallest absolute Gasteiger partial charge is 0.0219 e. The number of hydrogen-bond acceptors (Lipinski definition) is 2. The van der Waals surface area contributed by atoms with E-state index >= 15 is 0 Å². The van der Waals surface area contributed by atoms with Crippen molar-refractivity contribution < 1.29 is 0 Å². The highest BCUT2D eigenvalue weighted by atomic mass is 15.2. The topological polar surface area (TPSA) is 15.3 Å². The minimum Gasteiger partial charge on any atom is -0.311 e. The van der Waals surface area contributed by atoms with Gasteiger partial charge >= 0.3 is 0 Å². The van der Waals surface area contributed by atoms with Gasteiger partial charge in [0.1, 0.15) is 0 Å². The summed E-state index contributed by atoms with van der Waals surface area (Å²) in [5.74, 6) is 0. The van der Waals surface area contributed by atoms with Crippen molar-refractivity contribution in [3.8, 4) is 0 Å². The second kappa shape index (κ2) is 5.71. The second-order valence-electron chi connectivity index (χ2n) is 6.67. The van der Waals surface area contributed by atoms with Gasteiger partial charge in [-0.05, 0) is 31.6 Å². The van der Waals surface area contributed by atoms with Gasteiger partial charge in [-0.25, -0.2) is 0 Å². The highest BCUT2D eigenvalue weighted by Gasteiger charge is 2.33. The summed E-state index contributed by atoms with van der Waals surface area (Å²) in [4.78, 5) is 2.77. The first-order chi connectivity index (χ1) is 8.13. The van der Waals surface area contributed by atoms with Crippen LogP contribution in [0, 0.1) is 5.41 Å². The van der Waals surface area contributed by atoms with E-state index in [1.807, 2.05) is 0 Å². The first-order valence-electron chi connectivity index (χ1n) is 7.60. The molecule has 1 aliphatic heterocycles. The number of hydrogen-bond donors (Lipinski definition) is 1. The third-order valence-corrected chi connectivity index (χ3v) is 4.84. The average molecular weight is 238 g/mol. The van der Waals surface area contributed by atoms with Gasteiger partial charge in [-0.15, -0.1) is 0 Å². The molecule has 2 nitrogen and oxygen atoms in total. The lowest BCUT2D eigenvalue weighted by molar-refractivity contribution is 0.0590. The van der Waals surface area contributed by atoms with Crippen LogP contribution >= 0.6 is 0 Å². The predicted octanol–water partition coefficient (Wildman–Crippen LogP) is 3.03. The van der Waals surface area contributed by atoms with Gasteiger partial charge in [-0.1, -0.05) is 33.1 Å². The van der Waals surface area contributed by atoms with Crippen LogP contribution in [-0.4, -0.2) is 36.6 Å². The Bertz CT molecular complexity index is 233. The minimum absolute atomic E-state index is 0.600. The molecule has 2 heteroatoms. The summed E-state index contributed by atoms with van der Waals surface area (Å²) in [6.45, 7) is 10.9. The van der Waals surface area contributed by atoms with E-state index in [1.165, 1.54) is 58.2 Å². The Balaban J connectivity index is 1.94. The molecule has 1 saturated heterocycles. The van der Waals surface area contributed by atoms with Gasteiger partial charge in [-0.2, -0.15) is 0 Å². The van der Waals surface area contributed by atoms with Crippen molar-refractivity contribution in [2.24, 2.45) is 5.41 Å². The molecule has 2 fully saturated rings. The van der Waals surface area contributed by atoms with E-state index in [4.69, 9.17) is 0 Å². The van der Waals surface area contributed by atoms with E-state index in [0.29, 0.717) is 11.5 Å². The van der Waals surface area contributed by atoms with Crippen molar-refractivity contribution >= 4 is 0 Å². The van der Waals surface area contributed by atoms with Crippen LogP contribution in [0.5, 0.6) is 0 Å². The van der Waals surface area contributed by atoms with Crippen molar-refractivity contribution in [2.75, 3.05) is 19.6 Å². The maximum Gasteiger partial charge on any atom is 0.0219 e. The standard InChI is InChI=1S/C15H30N2/c1-4-14-10-16-13(2)11-17(14)12-15(3)8-6-5-7-9-15/h13-14,16H,4-12H2,1-3H3. The molecule has 0 amide bonds. The molecule has 0 spiro atoms. The van der Waals surface area contributed by atoms with E-state index < -0.39 is 0 Å². The fourth-order valence-electron chi connectivity index (χ4n) is 3.68. The molecular weight excluding hydrogens is 208 g/mol. The summed E-state index contributed by atoms with van der Waals surface area (Å²) in [5.41, 5.74) is 0.600. The van der Waals surface area contributed by atoms with Gasteiger partial charge in [0.15, 0.2) is 0 Å². The Morgan fingerprint density at radius 3 is 2.59 bits per heavy atom. The molecule has 1 aliphatic carbocycles. The van der Waals surface area contributed by atoms with E-state index in [-0.39, 0.29) is 0 Å². The maximum absolute atomic E-state index is 3.62. The summed E-state index contributed by atoms with van der Waals surface area (Å²) >= 11 is 0. The molecule has 2 aliphatic rings. The van der Waals surface area contributed by atoms with Crippen molar-refractivity contribution in [3.05, 3.63) is 0 Å². The predicted molar refractivity (Wildman–Crippen MR) is 74.3 cm³/mol. The highest BCUT2D eigenvalue weighted by Crippen LogP contribution is 2.37. The van der Waals surface area contributed by atoms with Crippen molar-refractivity contribution in [1.82, 2.24) is 10.2 Å². The van der Waals surface area contributed by atoms with Crippen molar-refractivity contribution in [3.63, 3.8) is 0 Å². The fraction of sp³-hybridized carbons (Fsp3) is 1.00. The normalized spacial score (nSPS) is 34.8. The molecule has 2 atom stereocenters. The van der Waals surface area contributed by atoms with Crippen LogP contribution in [0.3, 0.4) is 0 Å². The summed E-state index contributed by atoms with van der Waals surface area (Å²) in [5, 5.41) is 3.62. The zero-order valence-corrected chi connectivity index (χ0v) is 12.0. The quantitative estimate of drug-likeness (QED) is 0.813. The van der Waals surface area contributed by atoms with Crippen LogP contribution in [-0.2, 0) is 0 Å². The number of piperazine rings is 1. The molecule has 100 valence electrons. The van der Waals surface area contributed by atoms with Crippen LogP contribution in [0.25, 0.3) is 0 Å². The van der Waals surface area contributed by atoms with Gasteiger partial charge in [0.2, 0.25) is 0 Å². The van der Waals surface area contributed by atoms with Crippen LogP contribution in [0.1, 0.15) is 59.3 Å². The van der Waals surface area contributed by atoms with Crippen LogP contribution in [0.2, 0.25) is 0 Å².